The number of hydrogen-bond donors (Lipinski definition) is 0. The van der Waals surface area contributed by atoms with Crippen LogP contribution >= 0.6 is 0 Å². The Morgan fingerprint density at radius 2 is 0.894 bits per heavy atom. The highest BCUT2D eigenvalue weighted by atomic mass is 16.5. The molecule has 2 heterocycles. The molecule has 0 saturated carbocycles. The number of rotatable bonds is 5. The SMILES string of the molecule is C1=C(c2ccc(-c3nc(-c4ccccc4)nc(-c4ccccc4)n3)cc2)c2ccccc2C2Oc3cccc(-c4ccccc4)c3C12. The third-order valence-corrected chi connectivity index (χ3v) is 9.12. The molecule has 7 aromatic rings. The van der Waals surface area contributed by atoms with Gasteiger partial charge in [0.25, 0.3) is 0 Å². The van der Waals surface area contributed by atoms with E-state index in [1.807, 2.05) is 60.7 Å². The lowest BCUT2D eigenvalue weighted by Crippen LogP contribution is -2.16. The van der Waals surface area contributed by atoms with E-state index in [1.54, 1.807) is 0 Å². The van der Waals surface area contributed by atoms with Crippen LogP contribution in [-0.2, 0) is 0 Å². The van der Waals surface area contributed by atoms with Gasteiger partial charge >= 0.3 is 0 Å². The summed E-state index contributed by atoms with van der Waals surface area (Å²) < 4.78 is 6.69. The number of benzene rings is 6. The maximum Gasteiger partial charge on any atom is 0.164 e. The summed E-state index contributed by atoms with van der Waals surface area (Å²) in [6.07, 6.45) is 2.34. The molecule has 4 heteroatoms. The zero-order valence-electron chi connectivity index (χ0n) is 25.5. The number of aromatic nitrogens is 3. The fourth-order valence-corrected chi connectivity index (χ4v) is 6.90. The van der Waals surface area contributed by atoms with E-state index in [-0.39, 0.29) is 12.0 Å². The van der Waals surface area contributed by atoms with E-state index in [0.717, 1.165) is 28.0 Å². The average molecular weight is 604 g/mol. The Kier molecular flexibility index (Phi) is 6.57. The fourth-order valence-electron chi connectivity index (χ4n) is 6.90. The molecule has 9 rings (SSSR count). The summed E-state index contributed by atoms with van der Waals surface area (Å²) >= 11 is 0. The molecule has 2 aliphatic rings. The van der Waals surface area contributed by atoms with Gasteiger partial charge < -0.3 is 4.74 Å². The minimum Gasteiger partial charge on any atom is -0.484 e. The van der Waals surface area contributed by atoms with Crippen molar-refractivity contribution in [2.45, 2.75) is 12.0 Å². The Labute approximate surface area is 273 Å². The first-order valence-corrected chi connectivity index (χ1v) is 15.9. The molecule has 0 radical (unpaired) electrons. The molecule has 47 heavy (non-hydrogen) atoms. The molecule has 222 valence electrons. The Balaban J connectivity index is 1.14. The molecule has 0 saturated heterocycles. The highest BCUT2D eigenvalue weighted by molar-refractivity contribution is 5.86. The summed E-state index contributed by atoms with van der Waals surface area (Å²) in [7, 11) is 0. The van der Waals surface area contributed by atoms with Crippen molar-refractivity contribution >= 4 is 5.57 Å². The first kappa shape index (κ1) is 27.2. The molecule has 0 amide bonds. The van der Waals surface area contributed by atoms with Gasteiger partial charge in [-0.3, -0.25) is 0 Å². The maximum atomic E-state index is 6.69. The number of hydrogen-bond acceptors (Lipinski definition) is 4. The number of nitrogens with zero attached hydrogens (tertiary/aromatic N) is 3. The van der Waals surface area contributed by atoms with Crippen LogP contribution in [0.3, 0.4) is 0 Å². The molecule has 1 aromatic heterocycles. The predicted octanol–water partition coefficient (Wildman–Crippen LogP) is 10.2. The van der Waals surface area contributed by atoms with Gasteiger partial charge in [0.2, 0.25) is 0 Å². The number of ether oxygens (including phenoxy) is 1. The Hall–Kier alpha value is -6.13. The zero-order valence-corrected chi connectivity index (χ0v) is 25.5. The summed E-state index contributed by atoms with van der Waals surface area (Å²) in [5, 5.41) is 0. The van der Waals surface area contributed by atoms with Crippen molar-refractivity contribution in [1.29, 1.82) is 0 Å². The van der Waals surface area contributed by atoms with Gasteiger partial charge in [-0.15, -0.1) is 0 Å². The zero-order chi connectivity index (χ0) is 31.2. The summed E-state index contributed by atoms with van der Waals surface area (Å²) in [5.74, 6) is 3.01. The molecule has 2 unspecified atom stereocenters. The van der Waals surface area contributed by atoms with Crippen LogP contribution in [0.4, 0.5) is 0 Å². The Morgan fingerprint density at radius 1 is 0.404 bits per heavy atom. The Bertz CT molecular complexity index is 2210. The van der Waals surface area contributed by atoms with Crippen LogP contribution < -0.4 is 4.74 Å². The monoisotopic (exact) mass is 603 g/mol. The van der Waals surface area contributed by atoms with Crippen LogP contribution in [0.25, 0.3) is 50.9 Å². The topological polar surface area (TPSA) is 47.9 Å². The van der Waals surface area contributed by atoms with E-state index in [0.29, 0.717) is 17.5 Å². The summed E-state index contributed by atoms with van der Waals surface area (Å²) in [5.41, 5.74) is 11.3. The quantitative estimate of drug-likeness (QED) is 0.196. The van der Waals surface area contributed by atoms with Gasteiger partial charge in [0.05, 0.1) is 0 Å². The average Bonchev–Trinajstić information content (AvgIpc) is 3.55. The minimum absolute atomic E-state index is 0.0629. The van der Waals surface area contributed by atoms with Crippen molar-refractivity contribution in [2.24, 2.45) is 0 Å². The lowest BCUT2D eigenvalue weighted by Gasteiger charge is -2.28. The fraction of sp³-hybridized carbons (Fsp3) is 0.0465. The first-order valence-electron chi connectivity index (χ1n) is 15.9. The molecule has 6 aromatic carbocycles. The molecular formula is C43H29N3O. The predicted molar refractivity (Wildman–Crippen MR) is 188 cm³/mol. The van der Waals surface area contributed by atoms with E-state index in [2.05, 4.69) is 103 Å². The van der Waals surface area contributed by atoms with E-state index >= 15 is 0 Å². The molecular weight excluding hydrogens is 574 g/mol. The van der Waals surface area contributed by atoms with Crippen LogP contribution in [0.5, 0.6) is 5.75 Å². The standard InChI is InChI=1S/C43H29N3O/c1-4-13-28(14-5-1)33-21-12-22-38-39(33)37-27-36(34-19-10-11-20-35(34)40(37)47-38)29-23-25-32(26-24-29)43-45-41(30-15-6-2-7-16-30)44-42(46-43)31-17-8-3-9-18-31/h1-27,37,40H. The molecule has 0 fully saturated rings. The van der Waals surface area contributed by atoms with Crippen molar-refractivity contribution in [3.05, 3.63) is 186 Å². The summed E-state index contributed by atoms with van der Waals surface area (Å²) in [6.45, 7) is 0. The van der Waals surface area contributed by atoms with Gasteiger partial charge in [0, 0.05) is 33.7 Å². The molecule has 0 N–H and O–H groups in total. The molecule has 0 bridgehead atoms. The van der Waals surface area contributed by atoms with E-state index in [4.69, 9.17) is 19.7 Å². The van der Waals surface area contributed by atoms with Crippen molar-refractivity contribution in [1.82, 2.24) is 15.0 Å². The smallest absolute Gasteiger partial charge is 0.164 e. The summed E-state index contributed by atoms with van der Waals surface area (Å²) in [4.78, 5) is 14.7. The first-order chi connectivity index (χ1) is 23.3. The van der Waals surface area contributed by atoms with Gasteiger partial charge in [-0.2, -0.15) is 0 Å². The van der Waals surface area contributed by atoms with Crippen molar-refractivity contribution < 1.29 is 4.74 Å². The van der Waals surface area contributed by atoms with E-state index < -0.39 is 0 Å². The van der Waals surface area contributed by atoms with Gasteiger partial charge in [-0.1, -0.05) is 158 Å². The minimum atomic E-state index is -0.0629. The largest absolute Gasteiger partial charge is 0.484 e. The highest BCUT2D eigenvalue weighted by Gasteiger charge is 2.40. The number of fused-ring (bicyclic) bond motifs is 5. The van der Waals surface area contributed by atoms with Gasteiger partial charge in [0.1, 0.15) is 11.9 Å². The van der Waals surface area contributed by atoms with Crippen LogP contribution in [0.2, 0.25) is 0 Å². The van der Waals surface area contributed by atoms with Crippen LogP contribution in [-0.4, -0.2) is 15.0 Å². The van der Waals surface area contributed by atoms with Crippen LogP contribution in [0, 0.1) is 0 Å². The normalized spacial score (nSPS) is 16.0. The molecule has 0 spiro atoms. The lowest BCUT2D eigenvalue weighted by molar-refractivity contribution is 0.223. The maximum absolute atomic E-state index is 6.69. The molecule has 1 aliphatic heterocycles. The molecule has 1 aliphatic carbocycles. The second-order valence-electron chi connectivity index (χ2n) is 11.9. The van der Waals surface area contributed by atoms with Crippen LogP contribution in [0.1, 0.15) is 34.3 Å². The van der Waals surface area contributed by atoms with Gasteiger partial charge in [-0.25, -0.2) is 15.0 Å². The molecule has 2 atom stereocenters. The highest BCUT2D eigenvalue weighted by Crippen LogP contribution is 2.55. The summed E-state index contributed by atoms with van der Waals surface area (Å²) in [6, 6.07) is 54.5. The van der Waals surface area contributed by atoms with Gasteiger partial charge in [-0.05, 0) is 33.9 Å². The molecule has 4 nitrogen and oxygen atoms in total. The van der Waals surface area contributed by atoms with Crippen molar-refractivity contribution in [3.63, 3.8) is 0 Å². The van der Waals surface area contributed by atoms with E-state index in [9.17, 15) is 0 Å². The van der Waals surface area contributed by atoms with Crippen LogP contribution in [0.15, 0.2) is 164 Å². The third kappa shape index (κ3) is 4.82. The second-order valence-corrected chi connectivity index (χ2v) is 11.9. The third-order valence-electron chi connectivity index (χ3n) is 9.12. The van der Waals surface area contributed by atoms with Crippen molar-refractivity contribution in [2.75, 3.05) is 0 Å². The van der Waals surface area contributed by atoms with E-state index in [1.165, 1.54) is 33.4 Å². The second kappa shape index (κ2) is 11.3. The van der Waals surface area contributed by atoms with Gasteiger partial charge in [0.15, 0.2) is 17.5 Å². The van der Waals surface area contributed by atoms with Crippen molar-refractivity contribution in [3.8, 4) is 51.0 Å². The lowest BCUT2D eigenvalue weighted by atomic mass is 9.77. The Morgan fingerprint density at radius 3 is 1.51 bits per heavy atom.